The fourth-order valence-corrected chi connectivity index (χ4v) is 2.26. The topological polar surface area (TPSA) is 90.9 Å². The van der Waals surface area contributed by atoms with Crippen LogP contribution < -0.4 is 5.73 Å². The minimum absolute atomic E-state index is 0.139. The molecule has 6 nitrogen and oxygen atoms in total. The van der Waals surface area contributed by atoms with Gasteiger partial charge in [0.2, 0.25) is 0 Å². The monoisotopic (exact) mass is 277 g/mol. The third-order valence-corrected chi connectivity index (χ3v) is 3.33. The van der Waals surface area contributed by atoms with Crippen LogP contribution in [0.3, 0.4) is 0 Å². The van der Waals surface area contributed by atoms with E-state index in [1.54, 1.807) is 18.9 Å². The fourth-order valence-electron chi connectivity index (χ4n) is 1.51. The number of rotatable bonds is 7. The molecule has 0 saturated carbocycles. The van der Waals surface area contributed by atoms with E-state index >= 15 is 0 Å². The van der Waals surface area contributed by atoms with Gasteiger partial charge in [0.15, 0.2) is 10.8 Å². The van der Waals surface area contributed by atoms with Crippen LogP contribution in [0.2, 0.25) is 0 Å². The lowest BCUT2D eigenvalue weighted by molar-refractivity contribution is 0.0996. The van der Waals surface area contributed by atoms with Crippen molar-refractivity contribution in [3.05, 3.63) is 41.2 Å². The summed E-state index contributed by atoms with van der Waals surface area (Å²) in [6, 6.07) is 0. The molecule has 99 valence electrons. The first kappa shape index (κ1) is 13.4. The maximum Gasteiger partial charge on any atom is 0.268 e. The number of carbonyl (C=O) groups is 2. The van der Waals surface area contributed by atoms with Crippen molar-refractivity contribution in [1.82, 2.24) is 14.5 Å². The van der Waals surface area contributed by atoms with Crippen molar-refractivity contribution in [1.29, 1.82) is 0 Å². The highest BCUT2D eigenvalue weighted by Gasteiger charge is 2.13. The maximum atomic E-state index is 11.8. The van der Waals surface area contributed by atoms with E-state index in [1.165, 1.54) is 5.38 Å². The number of unbranched alkanes of at least 4 members (excludes halogenated alkanes) is 1. The van der Waals surface area contributed by atoms with E-state index in [1.807, 2.05) is 10.8 Å². The third kappa shape index (κ3) is 3.72. The molecule has 0 aliphatic rings. The largest absolute Gasteiger partial charge is 0.364 e. The van der Waals surface area contributed by atoms with Crippen molar-refractivity contribution in [3.8, 4) is 0 Å². The van der Waals surface area contributed by atoms with E-state index in [2.05, 4.69) is 9.97 Å². The minimum atomic E-state index is -0.615. The number of thiazole rings is 1. The molecule has 19 heavy (non-hydrogen) atoms. The van der Waals surface area contributed by atoms with Crippen molar-refractivity contribution in [2.45, 2.75) is 19.4 Å². The van der Waals surface area contributed by atoms with Gasteiger partial charge in [0.25, 0.3) is 5.91 Å². The smallest absolute Gasteiger partial charge is 0.268 e. The summed E-state index contributed by atoms with van der Waals surface area (Å²) in [4.78, 5) is 30.5. The van der Waals surface area contributed by atoms with Crippen LogP contribution in [0, 0.1) is 6.42 Å². The summed E-state index contributed by atoms with van der Waals surface area (Å²) in [5.74, 6) is -0.779. The molecule has 2 rings (SSSR count). The number of primary amides is 1. The Morgan fingerprint density at radius 2 is 2.32 bits per heavy atom. The van der Waals surface area contributed by atoms with Gasteiger partial charge in [-0.25, -0.2) is 9.97 Å². The van der Waals surface area contributed by atoms with Gasteiger partial charge in [0, 0.05) is 30.7 Å². The van der Waals surface area contributed by atoms with Crippen molar-refractivity contribution < 1.29 is 9.59 Å². The van der Waals surface area contributed by atoms with Gasteiger partial charge in [-0.1, -0.05) is 0 Å². The second-order valence-corrected chi connectivity index (χ2v) is 4.77. The zero-order valence-corrected chi connectivity index (χ0v) is 11.0. The van der Waals surface area contributed by atoms with E-state index in [0.717, 1.165) is 24.3 Å². The molecular weight excluding hydrogens is 264 g/mol. The summed E-state index contributed by atoms with van der Waals surface area (Å²) < 4.78 is 1.95. The Kier molecular flexibility index (Phi) is 4.40. The minimum Gasteiger partial charge on any atom is -0.364 e. The van der Waals surface area contributed by atoms with Gasteiger partial charge in [-0.05, 0) is 12.8 Å². The summed E-state index contributed by atoms with van der Waals surface area (Å²) in [6.07, 6.45) is 8.42. The number of nitrogens with two attached hydrogens (primary N) is 1. The normalized spacial score (nSPS) is 10.5. The molecule has 0 bridgehead atoms. The van der Waals surface area contributed by atoms with Gasteiger partial charge < -0.3 is 10.3 Å². The molecule has 0 aliphatic carbocycles. The van der Waals surface area contributed by atoms with Crippen LogP contribution >= 0.6 is 11.3 Å². The molecule has 1 radical (unpaired) electrons. The number of amides is 1. The SMILES string of the molecule is NC(=O)c1csc(C(=O)[CH]CCCn2ccnc2)n1. The Hall–Kier alpha value is -2.02. The van der Waals surface area contributed by atoms with E-state index < -0.39 is 5.91 Å². The molecule has 0 fully saturated rings. The Morgan fingerprint density at radius 1 is 1.47 bits per heavy atom. The molecule has 2 heterocycles. The quantitative estimate of drug-likeness (QED) is 0.610. The van der Waals surface area contributed by atoms with Crippen LogP contribution in [0.15, 0.2) is 24.1 Å². The van der Waals surface area contributed by atoms with E-state index in [4.69, 9.17) is 5.73 Å². The van der Waals surface area contributed by atoms with E-state index in [-0.39, 0.29) is 11.5 Å². The molecule has 0 aliphatic heterocycles. The van der Waals surface area contributed by atoms with Crippen molar-refractivity contribution >= 4 is 23.0 Å². The van der Waals surface area contributed by atoms with Gasteiger partial charge in [-0.2, -0.15) is 0 Å². The molecule has 2 N–H and O–H groups in total. The maximum absolute atomic E-state index is 11.8. The molecule has 7 heteroatoms. The molecular formula is C12H13N4O2S. The molecule has 1 amide bonds. The second kappa shape index (κ2) is 6.24. The molecule has 0 aromatic carbocycles. The summed E-state index contributed by atoms with van der Waals surface area (Å²) in [5.41, 5.74) is 5.22. The first-order valence-corrected chi connectivity index (χ1v) is 6.63. The number of carbonyl (C=O) groups excluding carboxylic acids is 2. The fraction of sp³-hybridized carbons (Fsp3) is 0.250. The number of ketones is 1. The zero-order chi connectivity index (χ0) is 13.7. The molecule has 2 aromatic heterocycles. The lowest BCUT2D eigenvalue weighted by Gasteiger charge is -2.00. The van der Waals surface area contributed by atoms with Crippen molar-refractivity contribution in [3.63, 3.8) is 0 Å². The number of hydrogen-bond acceptors (Lipinski definition) is 5. The van der Waals surface area contributed by atoms with Crippen LogP contribution in [0.1, 0.15) is 33.1 Å². The Balaban J connectivity index is 1.76. The summed E-state index contributed by atoms with van der Waals surface area (Å²) in [6.45, 7) is 0.814. The molecule has 0 saturated heterocycles. The van der Waals surface area contributed by atoms with Crippen LogP contribution in [0.4, 0.5) is 0 Å². The first-order chi connectivity index (χ1) is 9.16. The van der Waals surface area contributed by atoms with E-state index in [9.17, 15) is 9.59 Å². The number of aromatic nitrogens is 3. The van der Waals surface area contributed by atoms with Crippen LogP contribution in [0.25, 0.3) is 0 Å². The summed E-state index contributed by atoms with van der Waals surface area (Å²) in [7, 11) is 0. The Bertz CT molecular complexity index is 562. The molecule has 2 aromatic rings. The highest BCUT2D eigenvalue weighted by molar-refractivity contribution is 7.12. The van der Waals surface area contributed by atoms with Crippen molar-refractivity contribution in [2.24, 2.45) is 5.73 Å². The number of aryl methyl sites for hydroxylation is 1. The summed E-state index contributed by atoms with van der Waals surface area (Å²) >= 11 is 1.13. The lowest BCUT2D eigenvalue weighted by Crippen LogP contribution is -2.12. The molecule has 0 unspecified atom stereocenters. The van der Waals surface area contributed by atoms with Gasteiger partial charge in [-0.15, -0.1) is 11.3 Å². The van der Waals surface area contributed by atoms with Crippen molar-refractivity contribution in [2.75, 3.05) is 0 Å². The third-order valence-electron chi connectivity index (χ3n) is 2.48. The number of imidazole rings is 1. The number of nitrogens with zero attached hydrogens (tertiary/aromatic N) is 3. The average molecular weight is 277 g/mol. The average Bonchev–Trinajstić information content (AvgIpc) is 3.05. The number of Topliss-reactive ketones (excluding diaryl/α,β-unsaturated/α-hetero) is 1. The van der Waals surface area contributed by atoms with Gasteiger partial charge >= 0.3 is 0 Å². The Morgan fingerprint density at radius 3 is 2.95 bits per heavy atom. The predicted octanol–water partition coefficient (Wildman–Crippen LogP) is 1.31. The summed E-state index contributed by atoms with van der Waals surface area (Å²) in [5, 5.41) is 1.80. The predicted molar refractivity (Wildman–Crippen MR) is 70.7 cm³/mol. The van der Waals surface area contributed by atoms with Crippen LogP contribution in [-0.4, -0.2) is 26.2 Å². The standard InChI is InChI=1S/C12H13N4O2S/c13-11(18)9-7-19-12(15-9)10(17)3-1-2-5-16-6-4-14-8-16/h3-4,6-8H,1-2,5H2,(H2,13,18). The van der Waals surface area contributed by atoms with Crippen LogP contribution in [-0.2, 0) is 6.54 Å². The zero-order valence-electron chi connectivity index (χ0n) is 10.2. The highest BCUT2D eigenvalue weighted by atomic mass is 32.1. The van der Waals surface area contributed by atoms with E-state index in [0.29, 0.717) is 11.4 Å². The van der Waals surface area contributed by atoms with Crippen LogP contribution in [0.5, 0.6) is 0 Å². The molecule has 0 atom stereocenters. The number of hydrogen-bond donors (Lipinski definition) is 1. The highest BCUT2D eigenvalue weighted by Crippen LogP contribution is 2.13. The lowest BCUT2D eigenvalue weighted by atomic mass is 10.2. The second-order valence-electron chi connectivity index (χ2n) is 3.91. The van der Waals surface area contributed by atoms with Gasteiger partial charge in [0.05, 0.1) is 6.33 Å². The molecule has 0 spiro atoms. The van der Waals surface area contributed by atoms with Gasteiger partial charge in [0.1, 0.15) is 5.69 Å². The first-order valence-electron chi connectivity index (χ1n) is 5.75. The Labute approximate surface area is 114 Å². The van der Waals surface area contributed by atoms with Gasteiger partial charge in [-0.3, -0.25) is 9.59 Å².